The molecule has 3 aromatic carbocycles. The fraction of sp³-hybridized carbons (Fsp3) is 0.286. The minimum absolute atomic E-state index is 0.122. The summed E-state index contributed by atoms with van der Waals surface area (Å²) in [7, 11) is 1.59. The second-order valence-corrected chi connectivity index (χ2v) is 8.38. The number of para-hydroxylation sites is 2. The number of hydrogen-bond acceptors (Lipinski definition) is 4. The van der Waals surface area contributed by atoms with Crippen LogP contribution in [0, 0.1) is 13.8 Å². The number of ether oxygens (including phenoxy) is 2. The Morgan fingerprint density at radius 1 is 1.03 bits per heavy atom. The van der Waals surface area contributed by atoms with Gasteiger partial charge in [0.1, 0.15) is 17.3 Å². The third kappa shape index (κ3) is 5.57. The molecule has 0 bridgehead atoms. The molecule has 0 radical (unpaired) electrons. The quantitative estimate of drug-likeness (QED) is 0.336. The maximum atomic E-state index is 12.5. The predicted octanol–water partition coefficient (Wildman–Crippen LogP) is 5.10. The highest BCUT2D eigenvalue weighted by Gasteiger charge is 2.12. The van der Waals surface area contributed by atoms with Gasteiger partial charge in [0.05, 0.1) is 24.8 Å². The number of nitrogens with one attached hydrogen (secondary N) is 1. The summed E-state index contributed by atoms with van der Waals surface area (Å²) in [6.07, 6.45) is 1.50. The lowest BCUT2D eigenvalue weighted by molar-refractivity contribution is 0.0953. The Labute approximate surface area is 200 Å². The smallest absolute Gasteiger partial charge is 0.251 e. The summed E-state index contributed by atoms with van der Waals surface area (Å²) >= 11 is 0. The summed E-state index contributed by atoms with van der Waals surface area (Å²) in [5.74, 6) is 2.43. The van der Waals surface area contributed by atoms with Crippen LogP contribution < -0.4 is 14.8 Å². The van der Waals surface area contributed by atoms with E-state index in [0.29, 0.717) is 30.9 Å². The molecule has 1 heterocycles. The molecule has 0 fully saturated rings. The summed E-state index contributed by atoms with van der Waals surface area (Å²) < 4.78 is 13.5. The van der Waals surface area contributed by atoms with E-state index in [1.807, 2.05) is 36.4 Å². The highest BCUT2D eigenvalue weighted by atomic mass is 16.5. The fourth-order valence-electron chi connectivity index (χ4n) is 4.09. The first kappa shape index (κ1) is 23.4. The Kier molecular flexibility index (Phi) is 7.48. The number of rotatable bonds is 10. The molecule has 0 saturated heterocycles. The van der Waals surface area contributed by atoms with Crippen LogP contribution in [-0.4, -0.2) is 35.7 Å². The number of imidazole rings is 1. The molecule has 176 valence electrons. The maximum Gasteiger partial charge on any atom is 0.251 e. The molecule has 0 spiro atoms. The first-order valence-electron chi connectivity index (χ1n) is 11.6. The summed E-state index contributed by atoms with van der Waals surface area (Å²) in [6.45, 7) is 6.08. The van der Waals surface area contributed by atoms with E-state index in [2.05, 4.69) is 41.9 Å². The molecule has 1 N–H and O–H groups in total. The molecule has 0 atom stereocenters. The van der Waals surface area contributed by atoms with Crippen molar-refractivity contribution in [3.8, 4) is 11.5 Å². The number of hydrogen-bond donors (Lipinski definition) is 1. The van der Waals surface area contributed by atoms with Crippen LogP contribution in [0.4, 0.5) is 0 Å². The average molecular weight is 458 g/mol. The number of aryl methyl sites for hydroxylation is 3. The van der Waals surface area contributed by atoms with Gasteiger partial charge in [-0.25, -0.2) is 4.98 Å². The van der Waals surface area contributed by atoms with Gasteiger partial charge in [-0.3, -0.25) is 4.79 Å². The van der Waals surface area contributed by atoms with Crippen molar-refractivity contribution < 1.29 is 14.3 Å². The number of aromatic nitrogens is 2. The lowest BCUT2D eigenvalue weighted by atomic mass is 10.1. The molecule has 0 aliphatic heterocycles. The minimum atomic E-state index is -0.122. The monoisotopic (exact) mass is 457 g/mol. The number of carbonyl (C=O) groups is 1. The van der Waals surface area contributed by atoms with Gasteiger partial charge in [-0.1, -0.05) is 35.9 Å². The van der Waals surface area contributed by atoms with Crippen molar-refractivity contribution in [2.75, 3.05) is 20.3 Å². The Balaban J connectivity index is 1.38. The van der Waals surface area contributed by atoms with Crippen LogP contribution in [0.1, 0.15) is 33.7 Å². The predicted molar refractivity (Wildman–Crippen MR) is 135 cm³/mol. The van der Waals surface area contributed by atoms with E-state index < -0.39 is 0 Å². The fourth-order valence-corrected chi connectivity index (χ4v) is 4.09. The molecule has 0 unspecified atom stereocenters. The van der Waals surface area contributed by atoms with Crippen LogP contribution in [-0.2, 0) is 13.0 Å². The Bertz CT molecular complexity index is 1280. The summed E-state index contributed by atoms with van der Waals surface area (Å²) in [4.78, 5) is 17.4. The number of methoxy groups -OCH3 is 1. The van der Waals surface area contributed by atoms with Gasteiger partial charge in [-0.15, -0.1) is 0 Å². The minimum Gasteiger partial charge on any atom is -0.497 e. The topological polar surface area (TPSA) is 65.4 Å². The van der Waals surface area contributed by atoms with E-state index in [-0.39, 0.29) is 5.91 Å². The molecule has 0 aliphatic carbocycles. The van der Waals surface area contributed by atoms with E-state index in [0.717, 1.165) is 41.1 Å². The van der Waals surface area contributed by atoms with Crippen molar-refractivity contribution >= 4 is 16.9 Å². The first-order chi connectivity index (χ1) is 16.5. The van der Waals surface area contributed by atoms with Crippen molar-refractivity contribution in [1.29, 1.82) is 0 Å². The zero-order chi connectivity index (χ0) is 23.9. The number of benzene rings is 3. The van der Waals surface area contributed by atoms with Gasteiger partial charge in [0.15, 0.2) is 0 Å². The molecule has 6 heteroatoms. The zero-order valence-corrected chi connectivity index (χ0v) is 20.0. The van der Waals surface area contributed by atoms with Gasteiger partial charge < -0.3 is 19.4 Å². The normalized spacial score (nSPS) is 10.9. The summed E-state index contributed by atoms with van der Waals surface area (Å²) in [5, 5.41) is 3.00. The van der Waals surface area contributed by atoms with Crippen LogP contribution in [0.15, 0.2) is 66.7 Å². The van der Waals surface area contributed by atoms with Gasteiger partial charge in [-0.05, 0) is 62.2 Å². The standard InChI is InChI=1S/C28H31N3O3/c1-20-12-13-26(21(2)18-20)34-17-7-16-31-25-11-5-4-10-24(25)30-27(31)14-15-29-28(32)22-8-6-9-23(19-22)33-3/h4-6,8-13,18-19H,7,14-17H2,1-3H3,(H,29,32). The van der Waals surface area contributed by atoms with Crippen molar-refractivity contribution in [2.24, 2.45) is 0 Å². The lowest BCUT2D eigenvalue weighted by Gasteiger charge is -2.12. The number of fused-ring (bicyclic) bond motifs is 1. The summed E-state index contributed by atoms with van der Waals surface area (Å²) in [5.41, 5.74) is 5.03. The van der Waals surface area contributed by atoms with Crippen LogP contribution >= 0.6 is 0 Å². The van der Waals surface area contributed by atoms with Gasteiger partial charge in [-0.2, -0.15) is 0 Å². The average Bonchev–Trinajstić information content (AvgIpc) is 3.20. The maximum absolute atomic E-state index is 12.5. The molecule has 4 rings (SSSR count). The molecular formula is C28H31N3O3. The highest BCUT2D eigenvalue weighted by molar-refractivity contribution is 5.94. The third-order valence-electron chi connectivity index (χ3n) is 5.81. The van der Waals surface area contributed by atoms with Crippen LogP contribution in [0.3, 0.4) is 0 Å². The van der Waals surface area contributed by atoms with Crippen molar-refractivity contribution in [3.05, 3.63) is 89.2 Å². The van der Waals surface area contributed by atoms with E-state index >= 15 is 0 Å². The SMILES string of the molecule is COc1cccc(C(=O)NCCc2nc3ccccc3n2CCCOc2ccc(C)cc2C)c1. The van der Waals surface area contributed by atoms with Crippen molar-refractivity contribution in [1.82, 2.24) is 14.9 Å². The second-order valence-electron chi connectivity index (χ2n) is 8.38. The van der Waals surface area contributed by atoms with E-state index in [1.54, 1.807) is 19.2 Å². The Hall–Kier alpha value is -3.80. The van der Waals surface area contributed by atoms with Gasteiger partial charge in [0.2, 0.25) is 0 Å². The van der Waals surface area contributed by atoms with Crippen LogP contribution in [0.25, 0.3) is 11.0 Å². The highest BCUT2D eigenvalue weighted by Crippen LogP contribution is 2.20. The molecule has 1 amide bonds. The molecule has 6 nitrogen and oxygen atoms in total. The summed E-state index contributed by atoms with van der Waals surface area (Å²) in [6, 6.07) is 21.5. The lowest BCUT2D eigenvalue weighted by Crippen LogP contribution is -2.26. The number of carbonyl (C=O) groups excluding carboxylic acids is 1. The van der Waals surface area contributed by atoms with E-state index in [1.165, 1.54) is 5.56 Å². The molecule has 0 saturated carbocycles. The van der Waals surface area contributed by atoms with Crippen LogP contribution in [0.5, 0.6) is 11.5 Å². The molecule has 4 aromatic rings. The van der Waals surface area contributed by atoms with Crippen molar-refractivity contribution in [2.45, 2.75) is 33.2 Å². The Morgan fingerprint density at radius 3 is 2.71 bits per heavy atom. The van der Waals surface area contributed by atoms with Crippen LogP contribution in [0.2, 0.25) is 0 Å². The number of amides is 1. The van der Waals surface area contributed by atoms with Gasteiger partial charge in [0, 0.05) is 25.1 Å². The van der Waals surface area contributed by atoms with E-state index in [9.17, 15) is 4.79 Å². The van der Waals surface area contributed by atoms with Gasteiger partial charge in [0.25, 0.3) is 5.91 Å². The van der Waals surface area contributed by atoms with E-state index in [4.69, 9.17) is 14.5 Å². The molecule has 1 aromatic heterocycles. The molecular weight excluding hydrogens is 426 g/mol. The largest absolute Gasteiger partial charge is 0.497 e. The second kappa shape index (κ2) is 10.9. The third-order valence-corrected chi connectivity index (χ3v) is 5.81. The molecule has 34 heavy (non-hydrogen) atoms. The Morgan fingerprint density at radius 2 is 1.88 bits per heavy atom. The number of nitrogens with zero attached hydrogens (tertiary/aromatic N) is 2. The van der Waals surface area contributed by atoms with Gasteiger partial charge >= 0.3 is 0 Å². The first-order valence-corrected chi connectivity index (χ1v) is 11.6. The zero-order valence-electron chi connectivity index (χ0n) is 20.0. The van der Waals surface area contributed by atoms with Crippen molar-refractivity contribution in [3.63, 3.8) is 0 Å². The molecule has 0 aliphatic rings.